The van der Waals surface area contributed by atoms with Gasteiger partial charge in [0, 0.05) is 0 Å². The fourth-order valence-electron chi connectivity index (χ4n) is 1.52. The number of hydrogen-bond donors (Lipinski definition) is 0. The molecule has 0 unspecified atom stereocenters. The van der Waals surface area contributed by atoms with Crippen LogP contribution >= 0.6 is 0 Å². The molecular formula is C12H14O. The van der Waals surface area contributed by atoms with E-state index < -0.39 is 0 Å². The van der Waals surface area contributed by atoms with Crippen LogP contribution in [-0.4, -0.2) is 6.10 Å². The number of hydrogen-bond acceptors (Lipinski definition) is 1. The maximum atomic E-state index is 5.73. The fraction of sp³-hybridized carbons (Fsp3) is 0.333. The average molecular weight is 174 g/mol. The molecule has 0 aliphatic heterocycles. The fourth-order valence-corrected chi connectivity index (χ4v) is 1.52. The number of benzene rings is 1. The zero-order chi connectivity index (χ0) is 8.93. The summed E-state index contributed by atoms with van der Waals surface area (Å²) in [5.41, 5.74) is 1.26. The summed E-state index contributed by atoms with van der Waals surface area (Å²) in [7, 11) is 0. The van der Waals surface area contributed by atoms with Gasteiger partial charge in [0.15, 0.2) is 0 Å². The van der Waals surface area contributed by atoms with Crippen LogP contribution in [0.5, 0.6) is 0 Å². The van der Waals surface area contributed by atoms with Crippen LogP contribution in [0.3, 0.4) is 0 Å². The summed E-state index contributed by atoms with van der Waals surface area (Å²) in [6.07, 6.45) is 6.95. The molecule has 0 radical (unpaired) electrons. The second-order valence-electron chi connectivity index (χ2n) is 3.36. The van der Waals surface area contributed by atoms with Crippen molar-refractivity contribution in [2.45, 2.75) is 25.6 Å². The van der Waals surface area contributed by atoms with E-state index in [4.69, 9.17) is 4.74 Å². The Morgan fingerprint density at radius 2 is 1.77 bits per heavy atom. The average Bonchev–Trinajstić information content (AvgIpc) is 2.69. The molecule has 1 aromatic rings. The Morgan fingerprint density at radius 1 is 1.08 bits per heavy atom. The summed E-state index contributed by atoms with van der Waals surface area (Å²) in [5.74, 6) is 0. The molecule has 1 aliphatic carbocycles. The molecule has 0 saturated carbocycles. The van der Waals surface area contributed by atoms with Crippen LogP contribution < -0.4 is 0 Å². The first-order chi connectivity index (χ1) is 6.45. The first kappa shape index (κ1) is 8.52. The standard InChI is InChI=1S/C12H14O/c1-2-6-11(7-3-1)10-13-12-8-4-5-9-12/h1-7,12H,8-10H2. The van der Waals surface area contributed by atoms with E-state index >= 15 is 0 Å². The molecule has 0 spiro atoms. The summed E-state index contributed by atoms with van der Waals surface area (Å²) in [4.78, 5) is 0. The minimum atomic E-state index is 0.417. The summed E-state index contributed by atoms with van der Waals surface area (Å²) in [5, 5.41) is 0. The zero-order valence-corrected chi connectivity index (χ0v) is 7.65. The van der Waals surface area contributed by atoms with Crippen molar-refractivity contribution in [1.29, 1.82) is 0 Å². The van der Waals surface area contributed by atoms with Crippen LogP contribution in [0, 0.1) is 0 Å². The van der Waals surface area contributed by atoms with E-state index in [2.05, 4.69) is 24.3 Å². The molecule has 0 fully saturated rings. The normalized spacial score (nSPS) is 16.6. The first-order valence-corrected chi connectivity index (χ1v) is 4.75. The molecule has 0 amide bonds. The smallest absolute Gasteiger partial charge is 0.0720 e. The highest BCUT2D eigenvalue weighted by atomic mass is 16.5. The van der Waals surface area contributed by atoms with Crippen LogP contribution in [0.2, 0.25) is 0 Å². The second kappa shape index (κ2) is 4.24. The van der Waals surface area contributed by atoms with Gasteiger partial charge in [0.25, 0.3) is 0 Å². The van der Waals surface area contributed by atoms with E-state index in [0.717, 1.165) is 19.4 Å². The second-order valence-corrected chi connectivity index (χ2v) is 3.36. The molecule has 13 heavy (non-hydrogen) atoms. The topological polar surface area (TPSA) is 9.23 Å². The van der Waals surface area contributed by atoms with Gasteiger partial charge >= 0.3 is 0 Å². The largest absolute Gasteiger partial charge is 0.373 e. The highest BCUT2D eigenvalue weighted by Crippen LogP contribution is 2.15. The van der Waals surface area contributed by atoms with E-state index in [1.807, 2.05) is 18.2 Å². The monoisotopic (exact) mass is 174 g/mol. The SMILES string of the molecule is C1=CCC(OCc2ccccc2)C1. The summed E-state index contributed by atoms with van der Waals surface area (Å²) in [6.45, 7) is 0.743. The first-order valence-electron chi connectivity index (χ1n) is 4.75. The lowest BCUT2D eigenvalue weighted by molar-refractivity contribution is 0.0495. The lowest BCUT2D eigenvalue weighted by Crippen LogP contribution is -2.07. The van der Waals surface area contributed by atoms with Crippen LogP contribution in [-0.2, 0) is 11.3 Å². The lowest BCUT2D eigenvalue weighted by atomic mass is 10.2. The van der Waals surface area contributed by atoms with Gasteiger partial charge in [-0.15, -0.1) is 0 Å². The van der Waals surface area contributed by atoms with Crippen LogP contribution in [0.1, 0.15) is 18.4 Å². The third-order valence-electron chi connectivity index (χ3n) is 2.29. The Hall–Kier alpha value is -1.08. The van der Waals surface area contributed by atoms with Gasteiger partial charge in [-0.3, -0.25) is 0 Å². The molecule has 0 saturated heterocycles. The third kappa shape index (κ3) is 2.43. The van der Waals surface area contributed by atoms with E-state index in [1.54, 1.807) is 0 Å². The molecule has 2 rings (SSSR count). The van der Waals surface area contributed by atoms with Gasteiger partial charge in [-0.25, -0.2) is 0 Å². The summed E-state index contributed by atoms with van der Waals surface area (Å²) >= 11 is 0. The van der Waals surface area contributed by atoms with Crippen molar-refractivity contribution in [3.05, 3.63) is 48.0 Å². The Bertz CT molecular complexity index is 268. The molecule has 0 atom stereocenters. The van der Waals surface area contributed by atoms with Crippen molar-refractivity contribution in [3.8, 4) is 0 Å². The van der Waals surface area contributed by atoms with Gasteiger partial charge in [0.2, 0.25) is 0 Å². The van der Waals surface area contributed by atoms with Gasteiger partial charge in [0.05, 0.1) is 12.7 Å². The van der Waals surface area contributed by atoms with Crippen LogP contribution in [0.4, 0.5) is 0 Å². The molecule has 1 heteroatoms. The van der Waals surface area contributed by atoms with Crippen molar-refractivity contribution < 1.29 is 4.74 Å². The molecule has 1 aliphatic rings. The Balaban J connectivity index is 1.80. The summed E-state index contributed by atoms with van der Waals surface area (Å²) < 4.78 is 5.73. The Morgan fingerprint density at radius 3 is 2.46 bits per heavy atom. The van der Waals surface area contributed by atoms with Crippen molar-refractivity contribution >= 4 is 0 Å². The van der Waals surface area contributed by atoms with Crippen molar-refractivity contribution in [1.82, 2.24) is 0 Å². The maximum absolute atomic E-state index is 5.73. The van der Waals surface area contributed by atoms with Crippen molar-refractivity contribution in [2.75, 3.05) is 0 Å². The van der Waals surface area contributed by atoms with E-state index in [-0.39, 0.29) is 0 Å². The minimum absolute atomic E-state index is 0.417. The number of rotatable bonds is 3. The quantitative estimate of drug-likeness (QED) is 0.640. The number of ether oxygens (including phenoxy) is 1. The highest BCUT2D eigenvalue weighted by molar-refractivity contribution is 5.13. The van der Waals surface area contributed by atoms with E-state index in [9.17, 15) is 0 Å². The molecule has 68 valence electrons. The van der Waals surface area contributed by atoms with Gasteiger partial charge < -0.3 is 4.74 Å². The van der Waals surface area contributed by atoms with Crippen molar-refractivity contribution in [2.24, 2.45) is 0 Å². The van der Waals surface area contributed by atoms with Crippen LogP contribution in [0.15, 0.2) is 42.5 Å². The summed E-state index contributed by atoms with van der Waals surface area (Å²) in [6, 6.07) is 10.3. The Kier molecular flexibility index (Phi) is 2.78. The van der Waals surface area contributed by atoms with Crippen LogP contribution in [0.25, 0.3) is 0 Å². The zero-order valence-electron chi connectivity index (χ0n) is 7.65. The van der Waals surface area contributed by atoms with Crippen molar-refractivity contribution in [3.63, 3.8) is 0 Å². The van der Waals surface area contributed by atoms with Gasteiger partial charge in [-0.1, -0.05) is 42.5 Å². The van der Waals surface area contributed by atoms with E-state index in [1.165, 1.54) is 5.56 Å². The molecule has 0 aromatic heterocycles. The Labute approximate surface area is 79.0 Å². The van der Waals surface area contributed by atoms with E-state index in [0.29, 0.717) is 6.10 Å². The molecular weight excluding hydrogens is 160 g/mol. The maximum Gasteiger partial charge on any atom is 0.0720 e. The predicted octanol–water partition coefficient (Wildman–Crippen LogP) is 2.92. The van der Waals surface area contributed by atoms with Gasteiger partial charge in [-0.2, -0.15) is 0 Å². The minimum Gasteiger partial charge on any atom is -0.373 e. The van der Waals surface area contributed by atoms with Gasteiger partial charge in [0.1, 0.15) is 0 Å². The van der Waals surface area contributed by atoms with Gasteiger partial charge in [-0.05, 0) is 18.4 Å². The highest BCUT2D eigenvalue weighted by Gasteiger charge is 2.09. The third-order valence-corrected chi connectivity index (χ3v) is 2.29. The molecule has 0 bridgehead atoms. The molecule has 0 heterocycles. The molecule has 0 N–H and O–H groups in total. The lowest BCUT2D eigenvalue weighted by Gasteiger charge is -2.10. The predicted molar refractivity (Wildman–Crippen MR) is 53.4 cm³/mol. The molecule has 1 aromatic carbocycles. The molecule has 1 nitrogen and oxygen atoms in total.